The zero-order chi connectivity index (χ0) is 36.4. The van der Waals surface area contributed by atoms with Crippen molar-refractivity contribution in [2.24, 2.45) is 0 Å². The molecule has 6 aromatic rings. The monoisotopic (exact) mass is 744 g/mol. The fraction of sp³-hybridized carbons (Fsp3) is 0.238. The highest BCUT2D eigenvalue weighted by atomic mass is 35.5. The fourth-order valence-corrected chi connectivity index (χ4v) is 8.05. The van der Waals surface area contributed by atoms with Crippen LogP contribution < -0.4 is 14.5 Å². The van der Waals surface area contributed by atoms with Gasteiger partial charge in [0.25, 0.3) is 5.91 Å². The summed E-state index contributed by atoms with van der Waals surface area (Å²) in [7, 11) is 0. The highest BCUT2D eigenvalue weighted by Gasteiger charge is 2.23. The minimum atomic E-state index is 0.0345. The fourth-order valence-electron chi connectivity index (χ4n) is 6.70. The molecule has 0 aliphatic carbocycles. The molecule has 0 atom stereocenters. The SMILES string of the molecule is O=C(COc1cccc2ccccc12)N1CCN(c2ccncc2)CC1.O=C(CSc1cccc2cccc(Cl)c12)N1CCN(c2ccncc2)CC1. The van der Waals surface area contributed by atoms with Gasteiger partial charge in [-0.1, -0.05) is 72.3 Å². The molecule has 4 aromatic carbocycles. The molecule has 53 heavy (non-hydrogen) atoms. The molecule has 9 nitrogen and oxygen atoms in total. The number of hydrogen-bond acceptors (Lipinski definition) is 8. The van der Waals surface area contributed by atoms with E-state index in [-0.39, 0.29) is 18.4 Å². The van der Waals surface area contributed by atoms with Crippen LogP contribution in [0.2, 0.25) is 5.02 Å². The first-order valence-corrected chi connectivity index (χ1v) is 19.2. The van der Waals surface area contributed by atoms with Gasteiger partial charge < -0.3 is 24.3 Å². The van der Waals surface area contributed by atoms with Gasteiger partial charge in [-0.05, 0) is 53.2 Å². The second-order valence-electron chi connectivity index (χ2n) is 12.8. The third-order valence-electron chi connectivity index (χ3n) is 9.59. The maximum Gasteiger partial charge on any atom is 0.260 e. The van der Waals surface area contributed by atoms with E-state index in [2.05, 4.69) is 19.8 Å². The second kappa shape index (κ2) is 17.5. The van der Waals surface area contributed by atoms with Crippen molar-refractivity contribution in [2.45, 2.75) is 4.90 Å². The topological polar surface area (TPSA) is 82.1 Å². The molecule has 2 saturated heterocycles. The summed E-state index contributed by atoms with van der Waals surface area (Å²) in [5, 5.41) is 5.01. The normalized spacial score (nSPS) is 14.5. The number of halogens is 1. The lowest BCUT2D eigenvalue weighted by Gasteiger charge is -2.36. The van der Waals surface area contributed by atoms with Crippen LogP contribution in [-0.2, 0) is 9.59 Å². The summed E-state index contributed by atoms with van der Waals surface area (Å²) < 4.78 is 5.83. The van der Waals surface area contributed by atoms with Gasteiger partial charge in [-0.3, -0.25) is 19.6 Å². The van der Waals surface area contributed by atoms with Gasteiger partial charge in [-0.15, -0.1) is 11.8 Å². The van der Waals surface area contributed by atoms with Crippen LogP contribution in [0.25, 0.3) is 21.5 Å². The Morgan fingerprint density at radius 1 is 0.604 bits per heavy atom. The molecule has 0 N–H and O–H groups in total. The first kappa shape index (κ1) is 36.1. The molecular formula is C42H41ClN6O3S. The Balaban J connectivity index is 0.000000164. The Morgan fingerprint density at radius 2 is 1.13 bits per heavy atom. The van der Waals surface area contributed by atoms with Crippen molar-refractivity contribution in [1.29, 1.82) is 0 Å². The van der Waals surface area contributed by atoms with Gasteiger partial charge in [0, 0.05) is 109 Å². The van der Waals surface area contributed by atoms with Crippen LogP contribution in [0.1, 0.15) is 0 Å². The van der Waals surface area contributed by atoms with Crippen LogP contribution >= 0.6 is 23.4 Å². The van der Waals surface area contributed by atoms with Gasteiger partial charge in [0.1, 0.15) is 5.75 Å². The van der Waals surface area contributed by atoms with Crippen molar-refractivity contribution in [3.05, 3.63) is 133 Å². The first-order valence-electron chi connectivity index (χ1n) is 17.8. The number of fused-ring (bicyclic) bond motifs is 2. The van der Waals surface area contributed by atoms with Crippen molar-refractivity contribution in [3.63, 3.8) is 0 Å². The molecule has 11 heteroatoms. The van der Waals surface area contributed by atoms with Gasteiger partial charge in [-0.25, -0.2) is 0 Å². The average molecular weight is 745 g/mol. The molecule has 0 spiro atoms. The molecule has 2 fully saturated rings. The number of thioether (sulfide) groups is 1. The predicted octanol–water partition coefficient (Wildman–Crippen LogP) is 7.29. The zero-order valence-electron chi connectivity index (χ0n) is 29.4. The number of carbonyl (C=O) groups excluding carboxylic acids is 2. The summed E-state index contributed by atoms with van der Waals surface area (Å²) >= 11 is 7.95. The first-order chi connectivity index (χ1) is 26.0. The van der Waals surface area contributed by atoms with Crippen molar-refractivity contribution < 1.29 is 14.3 Å². The summed E-state index contributed by atoms with van der Waals surface area (Å²) in [6.07, 6.45) is 7.20. The van der Waals surface area contributed by atoms with E-state index in [0.717, 1.165) is 87.9 Å². The van der Waals surface area contributed by atoms with Crippen LogP contribution in [-0.4, -0.2) is 96.3 Å². The van der Waals surface area contributed by atoms with Crippen LogP contribution in [0.15, 0.2) is 133 Å². The summed E-state index contributed by atoms with van der Waals surface area (Å²) in [5.74, 6) is 1.40. The number of carbonyl (C=O) groups is 2. The quantitative estimate of drug-likeness (QED) is 0.150. The molecule has 4 heterocycles. The Kier molecular flexibility index (Phi) is 11.9. The molecule has 2 amide bonds. The Morgan fingerprint density at radius 3 is 1.77 bits per heavy atom. The third-order valence-corrected chi connectivity index (χ3v) is 10.9. The van der Waals surface area contributed by atoms with E-state index >= 15 is 0 Å². The van der Waals surface area contributed by atoms with E-state index < -0.39 is 0 Å². The van der Waals surface area contributed by atoms with E-state index in [0.29, 0.717) is 18.8 Å². The molecule has 0 radical (unpaired) electrons. The number of rotatable bonds is 8. The number of nitrogens with zero attached hydrogens (tertiary/aromatic N) is 6. The maximum atomic E-state index is 12.7. The molecule has 0 bridgehead atoms. The lowest BCUT2D eigenvalue weighted by atomic mass is 10.1. The molecule has 2 aliphatic heterocycles. The van der Waals surface area contributed by atoms with E-state index in [1.54, 1.807) is 36.5 Å². The number of aromatic nitrogens is 2. The smallest absolute Gasteiger partial charge is 0.260 e. The Hall–Kier alpha value is -5.32. The Bertz CT molecular complexity index is 2130. The third kappa shape index (κ3) is 9.01. The van der Waals surface area contributed by atoms with Crippen LogP contribution in [0, 0.1) is 0 Å². The predicted molar refractivity (Wildman–Crippen MR) is 215 cm³/mol. The number of benzene rings is 4. The minimum Gasteiger partial charge on any atom is -0.483 e. The standard InChI is InChI=1S/C21H20ClN3OS.C21H21N3O2/c22-18-5-1-3-16-4-2-6-19(21(16)18)27-15-20(26)25-13-11-24(12-14-25)17-7-9-23-10-8-17;25-21(16-26-20-7-3-5-17-4-1-2-6-19(17)20)24-14-12-23(13-15-24)18-8-10-22-11-9-18/h1-10H,11-15H2;1-11H,12-16H2. The van der Waals surface area contributed by atoms with Crippen LogP contribution in [0.3, 0.4) is 0 Å². The molecule has 2 aliphatic rings. The highest BCUT2D eigenvalue weighted by molar-refractivity contribution is 8.00. The van der Waals surface area contributed by atoms with Gasteiger partial charge >= 0.3 is 0 Å². The van der Waals surface area contributed by atoms with Gasteiger partial charge in [-0.2, -0.15) is 0 Å². The lowest BCUT2D eigenvalue weighted by molar-refractivity contribution is -0.133. The van der Waals surface area contributed by atoms with Crippen LogP contribution in [0.5, 0.6) is 5.75 Å². The van der Waals surface area contributed by atoms with Crippen molar-refractivity contribution >= 4 is 68.1 Å². The van der Waals surface area contributed by atoms with E-state index in [1.807, 2.05) is 113 Å². The summed E-state index contributed by atoms with van der Waals surface area (Å²) in [5.41, 5.74) is 2.32. The summed E-state index contributed by atoms with van der Waals surface area (Å²) in [6.45, 7) is 6.33. The van der Waals surface area contributed by atoms with Crippen LogP contribution in [0.4, 0.5) is 11.4 Å². The van der Waals surface area contributed by atoms with E-state index in [9.17, 15) is 9.59 Å². The highest BCUT2D eigenvalue weighted by Crippen LogP contribution is 2.33. The molecule has 2 aromatic heterocycles. The molecule has 0 saturated carbocycles. The number of piperazine rings is 2. The second-order valence-corrected chi connectivity index (χ2v) is 14.2. The van der Waals surface area contributed by atoms with Gasteiger partial charge in [0.15, 0.2) is 6.61 Å². The van der Waals surface area contributed by atoms with Gasteiger partial charge in [0.05, 0.1) is 5.75 Å². The molecule has 8 rings (SSSR count). The summed E-state index contributed by atoms with van der Waals surface area (Å²) in [4.78, 5) is 42.8. The van der Waals surface area contributed by atoms with Crippen molar-refractivity contribution in [1.82, 2.24) is 19.8 Å². The van der Waals surface area contributed by atoms with Gasteiger partial charge in [0.2, 0.25) is 5.91 Å². The number of hydrogen-bond donors (Lipinski definition) is 0. The lowest BCUT2D eigenvalue weighted by Crippen LogP contribution is -2.50. The number of amides is 2. The van der Waals surface area contributed by atoms with Crippen molar-refractivity contribution in [3.8, 4) is 5.75 Å². The largest absolute Gasteiger partial charge is 0.483 e. The minimum absolute atomic E-state index is 0.0345. The number of pyridine rings is 2. The van der Waals surface area contributed by atoms with Crippen molar-refractivity contribution in [2.75, 3.05) is 74.5 Å². The molecular weight excluding hydrogens is 704 g/mol. The summed E-state index contributed by atoms with van der Waals surface area (Å²) in [6, 6.07) is 34.0. The van der Waals surface area contributed by atoms with E-state index in [4.69, 9.17) is 16.3 Å². The molecule has 0 unspecified atom stereocenters. The average Bonchev–Trinajstić information content (AvgIpc) is 3.23. The maximum absolute atomic E-state index is 12.7. The van der Waals surface area contributed by atoms with E-state index in [1.165, 1.54) is 0 Å². The number of ether oxygens (including phenoxy) is 1. The Labute approximate surface area is 319 Å². The zero-order valence-corrected chi connectivity index (χ0v) is 31.0. The number of anilines is 2. The molecule has 270 valence electrons.